The molecule has 0 radical (unpaired) electrons. The molecule has 0 atom stereocenters. The van der Waals surface area contributed by atoms with Gasteiger partial charge in [0.1, 0.15) is 0 Å². The van der Waals surface area contributed by atoms with Crippen molar-refractivity contribution < 1.29 is 59.9 Å². The number of hydrogen-bond donors (Lipinski definition) is 0. The van der Waals surface area contributed by atoms with Crippen LogP contribution in [0.2, 0.25) is 0 Å². The van der Waals surface area contributed by atoms with Gasteiger partial charge in [0.2, 0.25) is 0 Å². The molecule has 13 heavy (non-hydrogen) atoms. The van der Waals surface area contributed by atoms with Gasteiger partial charge in [-0.15, -0.1) is 0 Å². The van der Waals surface area contributed by atoms with Crippen LogP contribution in [0.5, 0.6) is 0 Å². The summed E-state index contributed by atoms with van der Waals surface area (Å²) in [6.07, 6.45) is 5.11. The minimum Gasteiger partial charge on any atom is -1.00 e. The van der Waals surface area contributed by atoms with E-state index < -0.39 is 0 Å². The van der Waals surface area contributed by atoms with Crippen molar-refractivity contribution in [3.63, 3.8) is 0 Å². The topological polar surface area (TPSA) is 18.5 Å². The third kappa shape index (κ3) is 13.4. The van der Waals surface area contributed by atoms with Gasteiger partial charge in [0.25, 0.3) is 0 Å². The minimum absolute atomic E-state index is 0. The van der Waals surface area contributed by atoms with Gasteiger partial charge >= 0.3 is 16.5 Å². The summed E-state index contributed by atoms with van der Waals surface area (Å²) in [7, 11) is 0. The predicted octanol–water partition coefficient (Wildman–Crippen LogP) is -4.40. The Labute approximate surface area is 112 Å². The third-order valence-electron chi connectivity index (χ3n) is 1.65. The van der Waals surface area contributed by atoms with E-state index in [1.807, 2.05) is 0 Å². The average molecular weight is 363 g/mol. The molecule has 0 saturated carbocycles. The first-order valence-corrected chi connectivity index (χ1v) is 4.15. The van der Waals surface area contributed by atoms with Gasteiger partial charge in [-0.25, -0.2) is 0 Å². The van der Waals surface area contributed by atoms with Crippen LogP contribution in [0.25, 0.3) is 0 Å². The molecular formula is C8H16Br2NiO2. The standard InChI is InChI=1S/2C4H8O.2BrH.Ni/c2*1-2-4-5-3-1;;;/h2*1-4H2;2*1H;/q;;;;+2/p-2. The van der Waals surface area contributed by atoms with Crippen LogP contribution in [0, 0.1) is 0 Å². The summed E-state index contributed by atoms with van der Waals surface area (Å²) >= 11 is 0. The van der Waals surface area contributed by atoms with E-state index in [2.05, 4.69) is 0 Å². The van der Waals surface area contributed by atoms with Crippen LogP contribution in [0.1, 0.15) is 25.7 Å². The van der Waals surface area contributed by atoms with Gasteiger partial charge in [-0.1, -0.05) is 0 Å². The fourth-order valence-corrected chi connectivity index (χ4v) is 1.02. The zero-order valence-corrected chi connectivity index (χ0v) is 11.7. The minimum atomic E-state index is 0. The molecule has 0 spiro atoms. The van der Waals surface area contributed by atoms with Crippen molar-refractivity contribution in [3.05, 3.63) is 0 Å². The Hall–Kier alpha value is 1.37. The second kappa shape index (κ2) is 15.8. The Kier molecular flexibility index (Phi) is 24.2. The van der Waals surface area contributed by atoms with Gasteiger partial charge in [-0.3, -0.25) is 0 Å². The van der Waals surface area contributed by atoms with E-state index in [1.54, 1.807) is 0 Å². The van der Waals surface area contributed by atoms with E-state index in [9.17, 15) is 0 Å². The van der Waals surface area contributed by atoms with Gasteiger partial charge in [-0.2, -0.15) is 0 Å². The molecule has 84 valence electrons. The summed E-state index contributed by atoms with van der Waals surface area (Å²) in [6.45, 7) is 4.00. The summed E-state index contributed by atoms with van der Waals surface area (Å²) < 4.78 is 9.89. The largest absolute Gasteiger partial charge is 2.00 e. The first-order chi connectivity index (χ1) is 5.00. The molecule has 0 aliphatic carbocycles. The Balaban J connectivity index is -0.000000125. The van der Waals surface area contributed by atoms with Crippen LogP contribution < -0.4 is 34.0 Å². The SMILES string of the molecule is C1CCOC1.C1CCOC1.[Br-].[Br-].[Ni+2]. The summed E-state index contributed by atoms with van der Waals surface area (Å²) in [6, 6.07) is 0. The van der Waals surface area contributed by atoms with Crippen molar-refractivity contribution in [3.8, 4) is 0 Å². The second-order valence-corrected chi connectivity index (χ2v) is 2.64. The van der Waals surface area contributed by atoms with Crippen molar-refractivity contribution in [1.82, 2.24) is 0 Å². The fourth-order valence-electron chi connectivity index (χ4n) is 1.02. The van der Waals surface area contributed by atoms with Gasteiger partial charge < -0.3 is 43.4 Å². The van der Waals surface area contributed by atoms with Crippen molar-refractivity contribution in [2.45, 2.75) is 25.7 Å². The van der Waals surface area contributed by atoms with Crippen LogP contribution in [0.4, 0.5) is 0 Å². The Bertz CT molecular complexity index is 53.3. The molecule has 2 aliphatic rings. The Morgan fingerprint density at radius 3 is 0.846 bits per heavy atom. The number of halogens is 2. The average Bonchev–Trinajstić information content (AvgIpc) is 2.67. The molecule has 0 bridgehead atoms. The van der Waals surface area contributed by atoms with Crippen LogP contribution >= 0.6 is 0 Å². The zero-order valence-electron chi connectivity index (χ0n) is 7.55. The van der Waals surface area contributed by atoms with Crippen molar-refractivity contribution in [2.24, 2.45) is 0 Å². The Morgan fingerprint density at radius 1 is 0.538 bits per heavy atom. The summed E-state index contributed by atoms with van der Waals surface area (Å²) in [5.41, 5.74) is 0. The summed E-state index contributed by atoms with van der Waals surface area (Å²) in [5, 5.41) is 0. The molecule has 0 N–H and O–H groups in total. The summed E-state index contributed by atoms with van der Waals surface area (Å²) in [4.78, 5) is 0. The van der Waals surface area contributed by atoms with Crippen molar-refractivity contribution in [1.29, 1.82) is 0 Å². The number of rotatable bonds is 0. The maximum Gasteiger partial charge on any atom is 2.00 e. The molecule has 2 aliphatic heterocycles. The van der Waals surface area contributed by atoms with Gasteiger partial charge in [-0.05, 0) is 25.7 Å². The maximum absolute atomic E-state index is 4.94. The van der Waals surface area contributed by atoms with Crippen molar-refractivity contribution >= 4 is 0 Å². The second-order valence-electron chi connectivity index (χ2n) is 2.64. The number of hydrogen-bond acceptors (Lipinski definition) is 2. The smallest absolute Gasteiger partial charge is 1.00 e. The zero-order chi connectivity index (χ0) is 7.07. The van der Waals surface area contributed by atoms with Gasteiger partial charge in [0, 0.05) is 26.4 Å². The summed E-state index contributed by atoms with van der Waals surface area (Å²) in [5.74, 6) is 0. The Morgan fingerprint density at radius 2 is 0.769 bits per heavy atom. The van der Waals surface area contributed by atoms with E-state index in [-0.39, 0.29) is 50.5 Å². The molecule has 2 saturated heterocycles. The molecule has 2 fully saturated rings. The van der Waals surface area contributed by atoms with E-state index >= 15 is 0 Å². The molecule has 2 rings (SSSR count). The molecular weight excluding hydrogens is 347 g/mol. The van der Waals surface area contributed by atoms with Gasteiger partial charge in [0.05, 0.1) is 0 Å². The molecule has 0 aromatic heterocycles. The predicted molar refractivity (Wildman–Crippen MR) is 40.1 cm³/mol. The first-order valence-electron chi connectivity index (χ1n) is 4.15. The van der Waals surface area contributed by atoms with Crippen LogP contribution in [0.3, 0.4) is 0 Å². The van der Waals surface area contributed by atoms with Gasteiger partial charge in [0.15, 0.2) is 0 Å². The number of ether oxygens (including phenoxy) is 2. The van der Waals surface area contributed by atoms with Crippen LogP contribution in [-0.2, 0) is 26.0 Å². The third-order valence-corrected chi connectivity index (χ3v) is 1.65. The molecule has 2 nitrogen and oxygen atoms in total. The molecule has 0 aromatic carbocycles. The molecule has 0 unspecified atom stereocenters. The quantitative estimate of drug-likeness (QED) is 0.405. The molecule has 0 amide bonds. The fraction of sp³-hybridized carbons (Fsp3) is 1.00. The van der Waals surface area contributed by atoms with Crippen molar-refractivity contribution in [2.75, 3.05) is 26.4 Å². The normalized spacial score (nSPS) is 18.5. The monoisotopic (exact) mass is 360 g/mol. The molecule has 0 aromatic rings. The van der Waals surface area contributed by atoms with E-state index in [4.69, 9.17) is 9.47 Å². The van der Waals surface area contributed by atoms with E-state index in [0.29, 0.717) is 0 Å². The van der Waals surface area contributed by atoms with E-state index in [0.717, 1.165) is 26.4 Å². The molecule has 2 heterocycles. The maximum atomic E-state index is 4.94. The van der Waals surface area contributed by atoms with Crippen LogP contribution in [-0.4, -0.2) is 26.4 Å². The van der Waals surface area contributed by atoms with Crippen LogP contribution in [0.15, 0.2) is 0 Å². The van der Waals surface area contributed by atoms with E-state index in [1.165, 1.54) is 25.7 Å². The molecule has 5 heteroatoms. The first kappa shape index (κ1) is 19.9.